The molecule has 2 aliphatic rings. The van der Waals surface area contributed by atoms with Crippen LogP contribution in [0.25, 0.3) is 0 Å². The second kappa shape index (κ2) is 14.0. The third kappa shape index (κ3) is 7.53. The predicted octanol–water partition coefficient (Wildman–Crippen LogP) is -7.75. The molecule has 2 fully saturated rings. The Morgan fingerprint density at radius 2 is 1.32 bits per heavy atom. The molecule has 14 atom stereocenters. The molecule has 0 aromatic carbocycles. The van der Waals surface area contributed by atoms with Crippen molar-refractivity contribution < 1.29 is 80.3 Å². The summed E-state index contributed by atoms with van der Waals surface area (Å²) in [7, 11) is 0. The van der Waals surface area contributed by atoms with Gasteiger partial charge in [-0.3, -0.25) is 0 Å². The molecule has 2 saturated heterocycles. The molecular formula is C18H34O16. The summed E-state index contributed by atoms with van der Waals surface area (Å²) < 4.78 is 15.3. The third-order valence-corrected chi connectivity index (χ3v) is 5.31. The Hall–Kier alpha value is -0.930. The van der Waals surface area contributed by atoms with E-state index in [2.05, 4.69) is 0 Å². The first-order chi connectivity index (χ1) is 15.8. The molecule has 16 heteroatoms. The van der Waals surface area contributed by atoms with E-state index in [0.29, 0.717) is 0 Å². The monoisotopic (exact) mass is 506 g/mol. The average molecular weight is 506 g/mol. The summed E-state index contributed by atoms with van der Waals surface area (Å²) in [6, 6.07) is 0. The summed E-state index contributed by atoms with van der Waals surface area (Å²) >= 11 is 0. The van der Waals surface area contributed by atoms with Gasteiger partial charge in [0.25, 0.3) is 0 Å². The van der Waals surface area contributed by atoms with Gasteiger partial charge in [-0.2, -0.15) is 0 Å². The summed E-state index contributed by atoms with van der Waals surface area (Å²) in [5.41, 5.74) is 0. The van der Waals surface area contributed by atoms with Crippen LogP contribution < -0.4 is 0 Å². The lowest BCUT2D eigenvalue weighted by atomic mass is 9.97. The zero-order valence-corrected chi connectivity index (χ0v) is 18.1. The molecule has 0 saturated carbocycles. The van der Waals surface area contributed by atoms with Crippen LogP contribution in [0.5, 0.6) is 0 Å². The van der Waals surface area contributed by atoms with Crippen molar-refractivity contribution in [2.45, 2.75) is 92.8 Å². The highest BCUT2D eigenvalue weighted by Gasteiger charge is 2.50. The molecule has 202 valence electrons. The fraction of sp³-hybridized carbons (Fsp3) is 0.944. The lowest BCUT2D eigenvalue weighted by Gasteiger charge is -2.45. The van der Waals surface area contributed by atoms with Crippen LogP contribution >= 0.6 is 0 Å². The SMILES string of the molecule is C[C@@H](O)[C@@H](O)[C@H](O)[C@H](O)C=O.OC[C@H]1O[C@@H](O[C@H]2[C@H](O)[C@@H](O)C(O)O[C@@H]2CO)[C@H](O)[C@@H](O)[C@H]1O. The number of carbonyl (C=O) groups excluding carboxylic acids is 1. The molecule has 0 amide bonds. The summed E-state index contributed by atoms with van der Waals surface area (Å²) in [5, 5.41) is 112. The van der Waals surface area contributed by atoms with E-state index in [1.54, 1.807) is 0 Å². The van der Waals surface area contributed by atoms with Gasteiger partial charge in [0.2, 0.25) is 0 Å². The Labute approximate surface area is 193 Å². The van der Waals surface area contributed by atoms with E-state index in [1.165, 1.54) is 6.92 Å². The molecule has 34 heavy (non-hydrogen) atoms. The minimum atomic E-state index is -1.74. The van der Waals surface area contributed by atoms with Gasteiger partial charge in [0, 0.05) is 0 Å². The highest BCUT2D eigenvalue weighted by Crippen LogP contribution is 2.28. The molecule has 0 aromatic rings. The van der Waals surface area contributed by atoms with E-state index >= 15 is 0 Å². The number of ether oxygens (including phenoxy) is 3. The molecule has 1 unspecified atom stereocenters. The zero-order chi connectivity index (χ0) is 26.3. The van der Waals surface area contributed by atoms with Crippen molar-refractivity contribution in [1.29, 1.82) is 0 Å². The van der Waals surface area contributed by atoms with Gasteiger partial charge in [-0.05, 0) is 6.92 Å². The minimum absolute atomic E-state index is 0.0935. The first-order valence-corrected chi connectivity index (χ1v) is 10.3. The minimum Gasteiger partial charge on any atom is -0.394 e. The molecule has 0 aliphatic carbocycles. The zero-order valence-electron chi connectivity index (χ0n) is 18.1. The lowest BCUT2D eigenvalue weighted by Crippen LogP contribution is -2.64. The second-order valence-electron chi connectivity index (χ2n) is 7.88. The lowest BCUT2D eigenvalue weighted by molar-refractivity contribution is -0.355. The van der Waals surface area contributed by atoms with Crippen molar-refractivity contribution >= 4 is 6.29 Å². The molecule has 12 N–H and O–H groups in total. The van der Waals surface area contributed by atoms with Crippen molar-refractivity contribution in [3.63, 3.8) is 0 Å². The van der Waals surface area contributed by atoms with Gasteiger partial charge in [0.05, 0.1) is 19.3 Å². The number of hydrogen-bond donors (Lipinski definition) is 12. The van der Waals surface area contributed by atoms with Crippen LogP contribution in [0.3, 0.4) is 0 Å². The van der Waals surface area contributed by atoms with Crippen LogP contribution in [0.2, 0.25) is 0 Å². The van der Waals surface area contributed by atoms with E-state index in [-0.39, 0.29) is 6.29 Å². The Balaban J connectivity index is 0.000000445. The Morgan fingerprint density at radius 1 is 0.765 bits per heavy atom. The molecule has 2 rings (SSSR count). The quantitative estimate of drug-likeness (QED) is 0.136. The third-order valence-electron chi connectivity index (χ3n) is 5.31. The highest BCUT2D eigenvalue weighted by atomic mass is 16.7. The van der Waals surface area contributed by atoms with E-state index < -0.39 is 99.0 Å². The molecule has 2 aliphatic heterocycles. The Morgan fingerprint density at radius 3 is 1.79 bits per heavy atom. The van der Waals surface area contributed by atoms with Gasteiger partial charge in [0.1, 0.15) is 67.1 Å². The van der Waals surface area contributed by atoms with Crippen molar-refractivity contribution in [2.24, 2.45) is 0 Å². The van der Waals surface area contributed by atoms with E-state index in [4.69, 9.17) is 39.7 Å². The fourth-order valence-electron chi connectivity index (χ4n) is 3.14. The fourth-order valence-corrected chi connectivity index (χ4v) is 3.14. The number of hydrogen-bond acceptors (Lipinski definition) is 16. The average Bonchev–Trinajstić information content (AvgIpc) is 2.82. The number of rotatable bonds is 8. The number of aliphatic hydroxyl groups is 12. The molecule has 0 bridgehead atoms. The normalized spacial score (nSPS) is 42.0. The van der Waals surface area contributed by atoms with Gasteiger partial charge < -0.3 is 80.3 Å². The Kier molecular flexibility index (Phi) is 12.8. The van der Waals surface area contributed by atoms with Crippen LogP contribution in [0.1, 0.15) is 6.92 Å². The maximum atomic E-state index is 9.94. The standard InChI is InChI=1S/C12H22O11.C6H12O5/c13-1-3-5(15)6(16)9(19)12(22-3)23-10-4(2-14)21-11(20)8(18)7(10)17;1-3(8)5(10)6(11)4(9)2-7/h3-20H,1-2H2;2-6,8-11H,1H3/t3-,4-,5+,6+,7-,8-,9-,10-,11?,12+;3-,4-,5-,6-/m11/s1. The maximum Gasteiger partial charge on any atom is 0.187 e. The van der Waals surface area contributed by atoms with Crippen LogP contribution in [0.4, 0.5) is 0 Å². The Bertz CT molecular complexity index is 590. The summed E-state index contributed by atoms with van der Waals surface area (Å²) in [4.78, 5) is 9.87. The van der Waals surface area contributed by atoms with Gasteiger partial charge in [0.15, 0.2) is 18.9 Å². The first kappa shape index (κ1) is 31.1. The summed E-state index contributed by atoms with van der Waals surface area (Å²) in [6.45, 7) is -0.104. The smallest absolute Gasteiger partial charge is 0.187 e. The van der Waals surface area contributed by atoms with E-state index in [1.807, 2.05) is 0 Å². The molecule has 16 nitrogen and oxygen atoms in total. The van der Waals surface area contributed by atoms with Gasteiger partial charge >= 0.3 is 0 Å². The summed E-state index contributed by atoms with van der Waals surface area (Å²) in [6.07, 6.45) is -21.4. The first-order valence-electron chi connectivity index (χ1n) is 10.3. The molecule has 0 radical (unpaired) electrons. The maximum absolute atomic E-state index is 9.94. The van der Waals surface area contributed by atoms with Gasteiger partial charge in [-0.1, -0.05) is 0 Å². The number of aldehydes is 1. The second-order valence-corrected chi connectivity index (χ2v) is 7.88. The number of aliphatic hydroxyl groups excluding tert-OH is 12. The van der Waals surface area contributed by atoms with Crippen molar-refractivity contribution in [1.82, 2.24) is 0 Å². The number of carbonyl (C=O) groups is 1. The molecule has 0 aromatic heterocycles. The van der Waals surface area contributed by atoms with Crippen molar-refractivity contribution in [2.75, 3.05) is 13.2 Å². The highest BCUT2D eigenvalue weighted by molar-refractivity contribution is 5.56. The van der Waals surface area contributed by atoms with E-state index in [9.17, 15) is 40.5 Å². The molecular weight excluding hydrogens is 472 g/mol. The van der Waals surface area contributed by atoms with Crippen molar-refractivity contribution in [3.8, 4) is 0 Å². The molecule has 2 heterocycles. The van der Waals surface area contributed by atoms with E-state index in [0.717, 1.165) is 0 Å². The molecule has 0 spiro atoms. The topological polar surface area (TPSA) is 288 Å². The van der Waals surface area contributed by atoms with Gasteiger partial charge in [-0.15, -0.1) is 0 Å². The predicted molar refractivity (Wildman–Crippen MR) is 104 cm³/mol. The van der Waals surface area contributed by atoms with Crippen LogP contribution in [-0.4, -0.2) is 167 Å². The van der Waals surface area contributed by atoms with Crippen LogP contribution in [0.15, 0.2) is 0 Å². The summed E-state index contributed by atoms with van der Waals surface area (Å²) in [5.74, 6) is 0. The van der Waals surface area contributed by atoms with Crippen molar-refractivity contribution in [3.05, 3.63) is 0 Å². The van der Waals surface area contributed by atoms with Crippen LogP contribution in [0, 0.1) is 0 Å². The van der Waals surface area contributed by atoms with Gasteiger partial charge in [-0.25, -0.2) is 0 Å². The van der Waals surface area contributed by atoms with Crippen LogP contribution in [-0.2, 0) is 19.0 Å². The largest absolute Gasteiger partial charge is 0.394 e.